The van der Waals surface area contributed by atoms with Gasteiger partial charge in [0.05, 0.1) is 11.9 Å². The highest BCUT2D eigenvalue weighted by molar-refractivity contribution is 7.89. The second-order valence-electron chi connectivity index (χ2n) is 3.76. The van der Waals surface area contributed by atoms with Crippen molar-refractivity contribution in [1.29, 1.82) is 0 Å². The van der Waals surface area contributed by atoms with Crippen molar-refractivity contribution in [2.24, 2.45) is 5.92 Å². The van der Waals surface area contributed by atoms with Gasteiger partial charge in [0.2, 0.25) is 10.0 Å². The van der Waals surface area contributed by atoms with Crippen LogP contribution in [0.3, 0.4) is 0 Å². The molecule has 2 atom stereocenters. The summed E-state index contributed by atoms with van der Waals surface area (Å²) in [5, 5.41) is 9.55. The minimum absolute atomic E-state index is 0.0475. The Morgan fingerprint density at radius 1 is 1.64 bits per heavy atom. The molecule has 82 valence electrons. The van der Waals surface area contributed by atoms with E-state index in [4.69, 9.17) is 0 Å². The first-order valence-electron chi connectivity index (χ1n) is 4.74. The summed E-state index contributed by atoms with van der Waals surface area (Å²) in [6.45, 7) is 6.07. The number of hydrogen-bond donors (Lipinski definition) is 1. The molecule has 2 unspecified atom stereocenters. The summed E-state index contributed by atoms with van der Waals surface area (Å²) in [7, 11) is -3.23. The van der Waals surface area contributed by atoms with Crippen LogP contribution < -0.4 is 0 Å². The number of hydrogen-bond acceptors (Lipinski definition) is 3. The molecule has 1 saturated heterocycles. The van der Waals surface area contributed by atoms with E-state index in [0.717, 1.165) is 6.42 Å². The standard InChI is InChI=1S/C9H17NO3S/c1-3-6-14(12,13)10-5-4-8(2)9(11)7-10/h3,8-9,11H,1,4-7H2,2H3. The largest absolute Gasteiger partial charge is 0.391 e. The molecule has 1 heterocycles. The van der Waals surface area contributed by atoms with Crippen LogP contribution >= 0.6 is 0 Å². The maximum absolute atomic E-state index is 11.6. The number of β-amino-alcohol motifs (C(OH)–C–C–N with tert-alkyl or cyclic N) is 1. The van der Waals surface area contributed by atoms with E-state index in [-0.39, 0.29) is 18.2 Å². The molecular weight excluding hydrogens is 202 g/mol. The number of sulfonamides is 1. The number of aliphatic hydroxyl groups excluding tert-OH is 1. The lowest BCUT2D eigenvalue weighted by molar-refractivity contribution is 0.0606. The highest BCUT2D eigenvalue weighted by Crippen LogP contribution is 2.19. The van der Waals surface area contributed by atoms with E-state index >= 15 is 0 Å². The summed E-state index contributed by atoms with van der Waals surface area (Å²) >= 11 is 0. The smallest absolute Gasteiger partial charge is 0.217 e. The second kappa shape index (κ2) is 4.42. The van der Waals surface area contributed by atoms with Gasteiger partial charge in [0, 0.05) is 13.1 Å². The molecule has 1 N–H and O–H groups in total. The molecule has 0 bridgehead atoms. The van der Waals surface area contributed by atoms with E-state index in [2.05, 4.69) is 6.58 Å². The van der Waals surface area contributed by atoms with E-state index in [1.807, 2.05) is 6.92 Å². The molecule has 0 spiro atoms. The van der Waals surface area contributed by atoms with E-state index in [0.29, 0.717) is 6.54 Å². The lowest BCUT2D eigenvalue weighted by Gasteiger charge is -2.33. The molecule has 0 aromatic carbocycles. The lowest BCUT2D eigenvalue weighted by Crippen LogP contribution is -2.46. The Labute approximate surface area is 85.3 Å². The molecule has 0 amide bonds. The van der Waals surface area contributed by atoms with Crippen LogP contribution in [0.15, 0.2) is 12.7 Å². The molecule has 14 heavy (non-hydrogen) atoms. The Balaban J connectivity index is 2.67. The predicted octanol–water partition coefficient (Wildman–Crippen LogP) is 0.205. The number of aliphatic hydroxyl groups is 1. The SMILES string of the molecule is C=CCS(=O)(=O)N1CCC(C)C(O)C1. The minimum atomic E-state index is -3.23. The first kappa shape index (κ1) is 11.7. The van der Waals surface area contributed by atoms with Crippen LogP contribution in [0.4, 0.5) is 0 Å². The van der Waals surface area contributed by atoms with Crippen LogP contribution in [-0.4, -0.2) is 42.8 Å². The van der Waals surface area contributed by atoms with Gasteiger partial charge in [-0.3, -0.25) is 0 Å². The van der Waals surface area contributed by atoms with Crippen molar-refractivity contribution in [3.8, 4) is 0 Å². The Hall–Kier alpha value is -0.390. The van der Waals surface area contributed by atoms with Gasteiger partial charge in [0.15, 0.2) is 0 Å². The molecule has 0 aliphatic carbocycles. The summed E-state index contributed by atoms with van der Waals surface area (Å²) in [4.78, 5) is 0. The van der Waals surface area contributed by atoms with Gasteiger partial charge in [-0.2, -0.15) is 4.31 Å². The molecule has 0 radical (unpaired) electrons. The van der Waals surface area contributed by atoms with Gasteiger partial charge < -0.3 is 5.11 Å². The summed E-state index contributed by atoms with van der Waals surface area (Å²) < 4.78 is 24.5. The maximum Gasteiger partial charge on any atom is 0.217 e. The molecular formula is C9H17NO3S. The quantitative estimate of drug-likeness (QED) is 0.690. The summed E-state index contributed by atoms with van der Waals surface area (Å²) in [5.41, 5.74) is 0. The van der Waals surface area contributed by atoms with Gasteiger partial charge in [0.1, 0.15) is 0 Å². The minimum Gasteiger partial charge on any atom is -0.391 e. The van der Waals surface area contributed by atoms with Crippen molar-refractivity contribution in [3.05, 3.63) is 12.7 Å². The fourth-order valence-electron chi connectivity index (χ4n) is 1.53. The molecule has 1 rings (SSSR count). The topological polar surface area (TPSA) is 57.6 Å². The van der Waals surface area contributed by atoms with Gasteiger partial charge in [-0.05, 0) is 12.3 Å². The third kappa shape index (κ3) is 2.56. The van der Waals surface area contributed by atoms with Gasteiger partial charge in [0.25, 0.3) is 0 Å². The maximum atomic E-state index is 11.6. The number of piperidine rings is 1. The van der Waals surface area contributed by atoms with Crippen LogP contribution in [0, 0.1) is 5.92 Å². The second-order valence-corrected chi connectivity index (χ2v) is 5.77. The zero-order valence-corrected chi connectivity index (χ0v) is 9.20. The zero-order chi connectivity index (χ0) is 10.8. The van der Waals surface area contributed by atoms with Crippen LogP contribution in [0.2, 0.25) is 0 Å². The summed E-state index contributed by atoms with van der Waals surface area (Å²) in [6, 6.07) is 0. The van der Waals surface area contributed by atoms with Crippen LogP contribution in [0.1, 0.15) is 13.3 Å². The highest BCUT2D eigenvalue weighted by atomic mass is 32.2. The first-order chi connectivity index (χ1) is 6.47. The van der Waals surface area contributed by atoms with Gasteiger partial charge in [-0.25, -0.2) is 8.42 Å². The average Bonchev–Trinajstić information content (AvgIpc) is 2.09. The summed E-state index contributed by atoms with van der Waals surface area (Å²) in [6.07, 6.45) is 1.56. The van der Waals surface area contributed by atoms with Crippen molar-refractivity contribution >= 4 is 10.0 Å². The van der Waals surface area contributed by atoms with Crippen molar-refractivity contribution in [1.82, 2.24) is 4.31 Å². The van der Waals surface area contributed by atoms with E-state index in [1.54, 1.807) is 0 Å². The molecule has 0 saturated carbocycles. The third-order valence-electron chi connectivity index (χ3n) is 2.60. The van der Waals surface area contributed by atoms with E-state index in [9.17, 15) is 13.5 Å². The molecule has 4 nitrogen and oxygen atoms in total. The van der Waals surface area contributed by atoms with E-state index in [1.165, 1.54) is 10.4 Å². The zero-order valence-electron chi connectivity index (χ0n) is 8.39. The number of rotatable bonds is 3. The lowest BCUT2D eigenvalue weighted by atomic mass is 9.98. The van der Waals surface area contributed by atoms with Crippen LogP contribution in [-0.2, 0) is 10.0 Å². The normalized spacial score (nSPS) is 30.1. The van der Waals surface area contributed by atoms with Gasteiger partial charge >= 0.3 is 0 Å². The molecule has 1 aliphatic heterocycles. The molecule has 0 aromatic heterocycles. The number of nitrogens with zero attached hydrogens (tertiary/aromatic N) is 1. The van der Waals surface area contributed by atoms with E-state index < -0.39 is 16.1 Å². The summed E-state index contributed by atoms with van der Waals surface area (Å²) in [5.74, 6) is 0.138. The van der Waals surface area contributed by atoms with Crippen molar-refractivity contribution < 1.29 is 13.5 Å². The van der Waals surface area contributed by atoms with Gasteiger partial charge in [-0.15, -0.1) is 6.58 Å². The van der Waals surface area contributed by atoms with Crippen molar-refractivity contribution in [2.75, 3.05) is 18.8 Å². The fraction of sp³-hybridized carbons (Fsp3) is 0.778. The monoisotopic (exact) mass is 219 g/mol. The Bertz CT molecular complexity index is 299. The highest BCUT2D eigenvalue weighted by Gasteiger charge is 2.30. The first-order valence-corrected chi connectivity index (χ1v) is 6.35. The predicted molar refractivity (Wildman–Crippen MR) is 55.3 cm³/mol. The molecule has 1 fully saturated rings. The Kier molecular flexibility index (Phi) is 3.69. The van der Waals surface area contributed by atoms with Gasteiger partial charge in [-0.1, -0.05) is 13.0 Å². The molecule has 1 aliphatic rings. The van der Waals surface area contributed by atoms with Crippen LogP contribution in [0.5, 0.6) is 0 Å². The Morgan fingerprint density at radius 2 is 2.29 bits per heavy atom. The van der Waals surface area contributed by atoms with Crippen LogP contribution in [0.25, 0.3) is 0 Å². The molecule has 5 heteroatoms. The fourth-order valence-corrected chi connectivity index (χ4v) is 2.80. The van der Waals surface area contributed by atoms with Crippen molar-refractivity contribution in [2.45, 2.75) is 19.4 Å². The molecule has 0 aromatic rings. The Morgan fingerprint density at radius 3 is 2.79 bits per heavy atom. The van der Waals surface area contributed by atoms with Crippen molar-refractivity contribution in [3.63, 3.8) is 0 Å². The average molecular weight is 219 g/mol. The third-order valence-corrected chi connectivity index (χ3v) is 4.38.